The molecule has 1 amide bonds. The van der Waals surface area contributed by atoms with Gasteiger partial charge in [0, 0.05) is 13.1 Å². The Morgan fingerprint density at radius 3 is 2.50 bits per heavy atom. The summed E-state index contributed by atoms with van der Waals surface area (Å²) in [5.41, 5.74) is 0.986. The summed E-state index contributed by atoms with van der Waals surface area (Å²) in [6, 6.07) is 6.14. The molecule has 24 heavy (non-hydrogen) atoms. The van der Waals surface area contributed by atoms with Crippen molar-refractivity contribution in [2.75, 3.05) is 20.1 Å². The number of carbonyl (C=O) groups is 1. The number of carbonyl (C=O) groups excluding carboxylic acids is 1. The smallest absolute Gasteiger partial charge is 0.227 e. The predicted molar refractivity (Wildman–Crippen MR) is 99.8 cm³/mol. The van der Waals surface area contributed by atoms with Crippen LogP contribution in [0.15, 0.2) is 18.2 Å². The summed E-state index contributed by atoms with van der Waals surface area (Å²) < 4.78 is 0. The number of halogens is 2. The summed E-state index contributed by atoms with van der Waals surface area (Å²) in [5.74, 6) is 0.272. The summed E-state index contributed by atoms with van der Waals surface area (Å²) >= 11 is 12.3. The average molecular weight is 369 g/mol. The third-order valence-corrected chi connectivity index (χ3v) is 6.39. The highest BCUT2D eigenvalue weighted by atomic mass is 35.5. The number of nitrogens with zero attached hydrogens (tertiary/aromatic N) is 1. The Morgan fingerprint density at radius 2 is 1.83 bits per heavy atom. The number of benzene rings is 1. The summed E-state index contributed by atoms with van der Waals surface area (Å²) in [6.45, 7) is 2.34. The lowest BCUT2D eigenvalue weighted by Crippen LogP contribution is -2.46. The normalized spacial score (nSPS) is 26.3. The standard InChI is InChI=1S/C19H26Cl2N2O/c1-22-19(24)18(13-8-9-15(20)16(21)12-13)14-6-2-3-7-17(14)23-10-4-5-11-23/h8-9,12,14,17-18H,2-7,10-11H2,1H3,(H,22,24)/t14-,17+,18?/m1/s1. The first-order valence-electron chi connectivity index (χ1n) is 9.02. The van der Waals surface area contributed by atoms with Gasteiger partial charge in [0.1, 0.15) is 0 Å². The van der Waals surface area contributed by atoms with E-state index in [-0.39, 0.29) is 11.8 Å². The first-order valence-corrected chi connectivity index (χ1v) is 9.78. The molecule has 1 aromatic rings. The van der Waals surface area contributed by atoms with Crippen LogP contribution < -0.4 is 5.32 Å². The molecule has 1 aliphatic carbocycles. The molecule has 1 saturated heterocycles. The van der Waals surface area contributed by atoms with Crippen LogP contribution in [0, 0.1) is 5.92 Å². The average Bonchev–Trinajstić information content (AvgIpc) is 3.13. The van der Waals surface area contributed by atoms with E-state index in [1.165, 1.54) is 45.2 Å². The summed E-state index contributed by atoms with van der Waals surface area (Å²) in [7, 11) is 1.72. The third kappa shape index (κ3) is 3.74. The van der Waals surface area contributed by atoms with E-state index in [0.29, 0.717) is 22.0 Å². The Bertz CT molecular complexity index is 587. The van der Waals surface area contributed by atoms with Gasteiger partial charge in [0.15, 0.2) is 0 Å². The van der Waals surface area contributed by atoms with Crippen molar-refractivity contribution in [1.82, 2.24) is 10.2 Å². The lowest BCUT2D eigenvalue weighted by molar-refractivity contribution is -0.124. The Labute approximate surface area is 154 Å². The largest absolute Gasteiger partial charge is 0.359 e. The molecule has 1 unspecified atom stereocenters. The third-order valence-electron chi connectivity index (χ3n) is 5.65. The maximum Gasteiger partial charge on any atom is 0.227 e. The number of rotatable bonds is 4. The number of likely N-dealkylation sites (N-methyl/N-ethyl adjacent to an activating group) is 1. The van der Waals surface area contributed by atoms with Gasteiger partial charge < -0.3 is 10.2 Å². The van der Waals surface area contributed by atoms with Crippen molar-refractivity contribution in [3.05, 3.63) is 33.8 Å². The van der Waals surface area contributed by atoms with Gasteiger partial charge in [0.2, 0.25) is 5.91 Å². The highest BCUT2D eigenvalue weighted by Gasteiger charge is 2.39. The van der Waals surface area contributed by atoms with Crippen LogP contribution in [0.25, 0.3) is 0 Å². The van der Waals surface area contributed by atoms with Crippen molar-refractivity contribution < 1.29 is 4.79 Å². The zero-order chi connectivity index (χ0) is 17.1. The van der Waals surface area contributed by atoms with Crippen LogP contribution in [-0.2, 0) is 4.79 Å². The Hall–Kier alpha value is -0.770. The molecule has 0 bridgehead atoms. The molecule has 0 aromatic heterocycles. The monoisotopic (exact) mass is 368 g/mol. The molecule has 3 rings (SSSR count). The highest BCUT2D eigenvalue weighted by molar-refractivity contribution is 6.42. The van der Waals surface area contributed by atoms with Crippen molar-refractivity contribution in [1.29, 1.82) is 0 Å². The van der Waals surface area contributed by atoms with Gasteiger partial charge in [0.25, 0.3) is 0 Å². The highest BCUT2D eigenvalue weighted by Crippen LogP contribution is 2.41. The van der Waals surface area contributed by atoms with Crippen molar-refractivity contribution in [2.24, 2.45) is 5.92 Å². The zero-order valence-electron chi connectivity index (χ0n) is 14.2. The van der Waals surface area contributed by atoms with E-state index in [1.54, 1.807) is 7.05 Å². The fourth-order valence-electron chi connectivity index (χ4n) is 4.51. The van der Waals surface area contributed by atoms with Gasteiger partial charge >= 0.3 is 0 Å². The van der Waals surface area contributed by atoms with Crippen LogP contribution in [-0.4, -0.2) is 37.0 Å². The lowest BCUT2D eigenvalue weighted by atomic mass is 9.72. The molecule has 132 valence electrons. The van der Waals surface area contributed by atoms with E-state index in [0.717, 1.165) is 12.0 Å². The van der Waals surface area contributed by atoms with Gasteiger partial charge in [-0.05, 0) is 62.4 Å². The quantitative estimate of drug-likeness (QED) is 0.849. The van der Waals surface area contributed by atoms with Crippen LogP contribution in [0.4, 0.5) is 0 Å². The van der Waals surface area contributed by atoms with E-state index in [9.17, 15) is 4.79 Å². The second-order valence-corrected chi connectivity index (χ2v) is 7.84. The van der Waals surface area contributed by atoms with Crippen LogP contribution in [0.1, 0.15) is 50.0 Å². The molecule has 1 N–H and O–H groups in total. The minimum absolute atomic E-state index is 0.0875. The first-order chi connectivity index (χ1) is 11.6. The molecule has 2 fully saturated rings. The van der Waals surface area contributed by atoms with Gasteiger partial charge in [-0.2, -0.15) is 0 Å². The second-order valence-electron chi connectivity index (χ2n) is 7.02. The van der Waals surface area contributed by atoms with E-state index in [2.05, 4.69) is 10.2 Å². The summed E-state index contributed by atoms with van der Waals surface area (Å²) in [5, 5.41) is 3.93. The molecular weight excluding hydrogens is 343 g/mol. The molecule has 3 atom stereocenters. The number of likely N-dealkylation sites (tertiary alicyclic amines) is 1. The second kappa shape index (κ2) is 8.07. The molecule has 0 radical (unpaired) electrons. The predicted octanol–water partition coefficient (Wildman–Crippen LogP) is 4.48. The zero-order valence-corrected chi connectivity index (χ0v) is 15.7. The van der Waals surface area contributed by atoms with Crippen LogP contribution in [0.3, 0.4) is 0 Å². The maximum atomic E-state index is 12.8. The minimum Gasteiger partial charge on any atom is -0.359 e. The number of nitrogens with one attached hydrogen (secondary N) is 1. The molecule has 0 spiro atoms. The molecule has 1 aliphatic heterocycles. The SMILES string of the molecule is CNC(=O)C(c1ccc(Cl)c(Cl)c1)[C@@H]1CCCC[C@@H]1N1CCCC1. The van der Waals surface area contributed by atoms with Crippen LogP contribution in [0.2, 0.25) is 10.0 Å². The lowest BCUT2D eigenvalue weighted by Gasteiger charge is -2.41. The molecular formula is C19H26Cl2N2O. The van der Waals surface area contributed by atoms with Gasteiger partial charge in [-0.15, -0.1) is 0 Å². The first kappa shape index (κ1) is 18.0. The molecule has 1 saturated carbocycles. The van der Waals surface area contributed by atoms with E-state index < -0.39 is 0 Å². The minimum atomic E-state index is -0.157. The molecule has 1 heterocycles. The van der Waals surface area contributed by atoms with Crippen LogP contribution >= 0.6 is 23.2 Å². The van der Waals surface area contributed by atoms with Crippen molar-refractivity contribution in [3.63, 3.8) is 0 Å². The van der Waals surface area contributed by atoms with E-state index in [1.807, 2.05) is 18.2 Å². The Balaban J connectivity index is 1.93. The number of amides is 1. The van der Waals surface area contributed by atoms with Gasteiger partial charge in [0.05, 0.1) is 16.0 Å². The summed E-state index contributed by atoms with van der Waals surface area (Å²) in [6.07, 6.45) is 7.31. The fourth-order valence-corrected chi connectivity index (χ4v) is 4.82. The Kier molecular flexibility index (Phi) is 6.07. The molecule has 1 aromatic carbocycles. The Morgan fingerprint density at radius 1 is 1.12 bits per heavy atom. The molecule has 3 nitrogen and oxygen atoms in total. The van der Waals surface area contributed by atoms with Crippen molar-refractivity contribution in [3.8, 4) is 0 Å². The maximum absolute atomic E-state index is 12.8. The van der Waals surface area contributed by atoms with E-state index >= 15 is 0 Å². The van der Waals surface area contributed by atoms with Gasteiger partial charge in [-0.3, -0.25) is 4.79 Å². The fraction of sp³-hybridized carbons (Fsp3) is 0.632. The van der Waals surface area contributed by atoms with Crippen LogP contribution in [0.5, 0.6) is 0 Å². The topological polar surface area (TPSA) is 32.3 Å². The number of hydrogen-bond acceptors (Lipinski definition) is 2. The summed E-state index contributed by atoms with van der Waals surface area (Å²) in [4.78, 5) is 15.4. The van der Waals surface area contributed by atoms with Crippen molar-refractivity contribution in [2.45, 2.75) is 50.5 Å². The van der Waals surface area contributed by atoms with Gasteiger partial charge in [-0.25, -0.2) is 0 Å². The molecule has 2 aliphatic rings. The van der Waals surface area contributed by atoms with E-state index in [4.69, 9.17) is 23.2 Å². The van der Waals surface area contributed by atoms with Gasteiger partial charge in [-0.1, -0.05) is 42.1 Å². The molecule has 5 heteroatoms. The van der Waals surface area contributed by atoms with Crippen molar-refractivity contribution >= 4 is 29.1 Å². The number of hydrogen-bond donors (Lipinski definition) is 1.